The van der Waals surface area contributed by atoms with Crippen molar-refractivity contribution >= 4 is 44.5 Å². The van der Waals surface area contributed by atoms with Crippen LogP contribution < -0.4 is 4.90 Å². The highest BCUT2D eigenvalue weighted by molar-refractivity contribution is 6.11. The molecule has 0 amide bonds. The summed E-state index contributed by atoms with van der Waals surface area (Å²) in [6, 6.07) is 49.5. The number of imidazole rings is 1. The van der Waals surface area contributed by atoms with Gasteiger partial charge in [0, 0.05) is 51.5 Å². The van der Waals surface area contributed by atoms with Gasteiger partial charge in [0.25, 0.3) is 0 Å². The highest BCUT2D eigenvalue weighted by atomic mass is 15.1. The minimum atomic E-state index is 0.945. The van der Waals surface area contributed by atoms with Crippen molar-refractivity contribution in [3.8, 4) is 16.9 Å². The molecule has 0 aliphatic carbocycles. The SMILES string of the molecule is Cc1ccc2c(c1)c1cc(N(c3ccccc3)c3ccc(-c4cn5ccccc5n4)cc3)ccc1n2-c1ccccc1. The van der Waals surface area contributed by atoms with Gasteiger partial charge >= 0.3 is 0 Å². The topological polar surface area (TPSA) is 25.5 Å². The number of benzene rings is 5. The number of aromatic nitrogens is 3. The van der Waals surface area contributed by atoms with Gasteiger partial charge in [-0.15, -0.1) is 0 Å². The molecule has 8 rings (SSSR count). The smallest absolute Gasteiger partial charge is 0.137 e. The summed E-state index contributed by atoms with van der Waals surface area (Å²) < 4.78 is 4.42. The van der Waals surface area contributed by atoms with Gasteiger partial charge in [0.1, 0.15) is 5.65 Å². The number of para-hydroxylation sites is 2. The van der Waals surface area contributed by atoms with Crippen LogP contribution in [0.1, 0.15) is 5.56 Å². The largest absolute Gasteiger partial charge is 0.310 e. The zero-order chi connectivity index (χ0) is 28.0. The first-order valence-electron chi connectivity index (χ1n) is 14.2. The molecule has 42 heavy (non-hydrogen) atoms. The van der Waals surface area contributed by atoms with E-state index in [1.807, 2.05) is 24.4 Å². The van der Waals surface area contributed by atoms with Gasteiger partial charge in [0.15, 0.2) is 0 Å². The lowest BCUT2D eigenvalue weighted by Crippen LogP contribution is -2.09. The maximum absolute atomic E-state index is 4.82. The Morgan fingerprint density at radius 3 is 1.98 bits per heavy atom. The maximum Gasteiger partial charge on any atom is 0.137 e. The Bertz CT molecular complexity index is 2160. The van der Waals surface area contributed by atoms with E-state index >= 15 is 0 Å². The van der Waals surface area contributed by atoms with Gasteiger partial charge in [-0.25, -0.2) is 4.98 Å². The van der Waals surface area contributed by atoms with Crippen LogP contribution in [0.25, 0.3) is 44.4 Å². The van der Waals surface area contributed by atoms with Crippen molar-refractivity contribution in [3.05, 3.63) is 157 Å². The molecule has 0 unspecified atom stereocenters. The molecular weight excluding hydrogens is 512 g/mol. The molecule has 0 aliphatic heterocycles. The predicted octanol–water partition coefficient (Wildman–Crippen LogP) is 9.88. The van der Waals surface area contributed by atoms with E-state index in [2.05, 4.69) is 148 Å². The van der Waals surface area contributed by atoms with E-state index in [-0.39, 0.29) is 0 Å². The third-order valence-corrected chi connectivity index (χ3v) is 7.98. The summed E-state index contributed by atoms with van der Waals surface area (Å²) >= 11 is 0. The molecule has 8 aromatic rings. The number of aryl methyl sites for hydroxylation is 1. The van der Waals surface area contributed by atoms with E-state index in [1.165, 1.54) is 27.4 Å². The van der Waals surface area contributed by atoms with Gasteiger partial charge in [-0.05, 0) is 85.8 Å². The number of nitrogens with zero attached hydrogens (tertiary/aromatic N) is 4. The lowest BCUT2D eigenvalue weighted by molar-refractivity contribution is 1.18. The van der Waals surface area contributed by atoms with Crippen molar-refractivity contribution in [1.29, 1.82) is 0 Å². The summed E-state index contributed by atoms with van der Waals surface area (Å²) in [4.78, 5) is 7.15. The van der Waals surface area contributed by atoms with Gasteiger partial charge in [0.05, 0.1) is 16.7 Å². The maximum atomic E-state index is 4.82. The molecule has 0 fully saturated rings. The lowest BCUT2D eigenvalue weighted by atomic mass is 10.1. The van der Waals surface area contributed by atoms with Crippen LogP contribution in [0.15, 0.2) is 152 Å². The molecule has 4 heteroatoms. The molecule has 0 saturated carbocycles. The quantitative estimate of drug-likeness (QED) is 0.217. The Morgan fingerprint density at radius 2 is 1.21 bits per heavy atom. The summed E-state index contributed by atoms with van der Waals surface area (Å²) in [6.07, 6.45) is 4.11. The van der Waals surface area contributed by atoms with Crippen molar-refractivity contribution in [2.75, 3.05) is 4.90 Å². The van der Waals surface area contributed by atoms with Crippen LogP contribution in [-0.2, 0) is 0 Å². The molecule has 0 spiro atoms. The van der Waals surface area contributed by atoms with Gasteiger partial charge in [0.2, 0.25) is 0 Å². The van der Waals surface area contributed by atoms with E-state index in [1.54, 1.807) is 0 Å². The van der Waals surface area contributed by atoms with Crippen LogP contribution in [0.4, 0.5) is 17.1 Å². The number of fused-ring (bicyclic) bond motifs is 4. The first kappa shape index (κ1) is 24.2. The van der Waals surface area contributed by atoms with Crippen molar-refractivity contribution in [2.45, 2.75) is 6.92 Å². The first-order valence-corrected chi connectivity index (χ1v) is 14.2. The fourth-order valence-corrected chi connectivity index (χ4v) is 6.00. The molecule has 0 bridgehead atoms. The number of rotatable bonds is 5. The van der Waals surface area contributed by atoms with Crippen LogP contribution in [0, 0.1) is 6.92 Å². The van der Waals surface area contributed by atoms with E-state index in [0.29, 0.717) is 0 Å². The van der Waals surface area contributed by atoms with Crippen molar-refractivity contribution < 1.29 is 0 Å². The average molecular weight is 541 g/mol. The van der Waals surface area contributed by atoms with Crippen LogP contribution in [0.2, 0.25) is 0 Å². The summed E-state index contributed by atoms with van der Waals surface area (Å²) in [7, 11) is 0. The second-order valence-corrected chi connectivity index (χ2v) is 10.7. The first-order chi connectivity index (χ1) is 20.7. The zero-order valence-electron chi connectivity index (χ0n) is 23.2. The Labute approximate surface area is 244 Å². The Kier molecular flexibility index (Phi) is 5.64. The number of hydrogen-bond acceptors (Lipinski definition) is 2. The van der Waals surface area contributed by atoms with Crippen LogP contribution in [-0.4, -0.2) is 14.0 Å². The molecule has 0 atom stereocenters. The Morgan fingerprint density at radius 1 is 0.571 bits per heavy atom. The van der Waals surface area contributed by atoms with Crippen molar-refractivity contribution in [2.24, 2.45) is 0 Å². The van der Waals surface area contributed by atoms with E-state index in [9.17, 15) is 0 Å². The van der Waals surface area contributed by atoms with Crippen LogP contribution in [0.5, 0.6) is 0 Å². The van der Waals surface area contributed by atoms with Gasteiger partial charge < -0.3 is 13.9 Å². The van der Waals surface area contributed by atoms with Crippen molar-refractivity contribution in [3.63, 3.8) is 0 Å². The predicted molar refractivity (Wildman–Crippen MR) is 174 cm³/mol. The molecule has 0 radical (unpaired) electrons. The summed E-state index contributed by atoms with van der Waals surface area (Å²) in [6.45, 7) is 2.16. The molecule has 4 nitrogen and oxygen atoms in total. The molecular formula is C38H28N4. The summed E-state index contributed by atoms with van der Waals surface area (Å²) in [5, 5.41) is 2.49. The highest BCUT2D eigenvalue weighted by Gasteiger charge is 2.17. The lowest BCUT2D eigenvalue weighted by Gasteiger charge is -2.26. The standard InChI is InChI=1S/C38H28N4/c1-27-15-21-36-33(24-27)34-25-32(20-22-37(34)42(36)30-12-6-3-7-13-30)41(29-10-4-2-5-11-29)31-18-16-28(17-19-31)35-26-40-23-9-8-14-38(40)39-35/h2-26H,1H3. The normalized spacial score (nSPS) is 11.5. The molecule has 3 heterocycles. The van der Waals surface area contributed by atoms with Crippen molar-refractivity contribution in [1.82, 2.24) is 14.0 Å². The monoisotopic (exact) mass is 540 g/mol. The zero-order valence-corrected chi connectivity index (χ0v) is 23.2. The number of pyridine rings is 1. The average Bonchev–Trinajstić information content (AvgIpc) is 3.62. The van der Waals surface area contributed by atoms with Gasteiger partial charge in [-0.2, -0.15) is 0 Å². The minimum absolute atomic E-state index is 0.945. The van der Waals surface area contributed by atoms with Crippen LogP contribution in [0.3, 0.4) is 0 Å². The second-order valence-electron chi connectivity index (χ2n) is 10.7. The van der Waals surface area contributed by atoms with E-state index in [0.717, 1.165) is 39.7 Å². The number of hydrogen-bond donors (Lipinski definition) is 0. The molecule has 200 valence electrons. The van der Waals surface area contributed by atoms with Gasteiger partial charge in [-0.3, -0.25) is 0 Å². The number of anilines is 3. The third-order valence-electron chi connectivity index (χ3n) is 7.98. The fourth-order valence-electron chi connectivity index (χ4n) is 6.00. The second kappa shape index (κ2) is 9.79. The van der Waals surface area contributed by atoms with Crippen LogP contribution >= 0.6 is 0 Å². The highest BCUT2D eigenvalue weighted by Crippen LogP contribution is 2.40. The minimum Gasteiger partial charge on any atom is -0.310 e. The molecule has 0 saturated heterocycles. The molecule has 5 aromatic carbocycles. The molecule has 0 N–H and O–H groups in total. The molecule has 3 aromatic heterocycles. The summed E-state index contributed by atoms with van der Waals surface area (Å²) in [5.41, 5.74) is 11.1. The molecule has 0 aliphatic rings. The Balaban J connectivity index is 1.29. The van der Waals surface area contributed by atoms with Gasteiger partial charge in [-0.1, -0.05) is 66.2 Å². The van der Waals surface area contributed by atoms with E-state index in [4.69, 9.17) is 4.98 Å². The third kappa shape index (κ3) is 4.04. The fraction of sp³-hybridized carbons (Fsp3) is 0.0263. The Hall–Kier alpha value is -5.61. The van der Waals surface area contributed by atoms with E-state index < -0.39 is 0 Å². The summed E-state index contributed by atoms with van der Waals surface area (Å²) in [5.74, 6) is 0.